The van der Waals surface area contributed by atoms with Crippen LogP contribution in [-0.4, -0.2) is 10.8 Å². The Morgan fingerprint density at radius 2 is 1.79 bits per heavy atom. The smallest absolute Gasteiger partial charge is 0.247 e. The maximum absolute atomic E-state index is 10.3. The minimum atomic E-state index is -0.0532. The van der Waals surface area contributed by atoms with Crippen LogP contribution in [0.5, 0.6) is 0 Å². The second-order valence-electron chi connectivity index (χ2n) is 2.67. The second kappa shape index (κ2) is 5.70. The Morgan fingerprint density at radius 1 is 1.07 bits per heavy atom. The summed E-state index contributed by atoms with van der Waals surface area (Å²) in [7, 11) is 0. The number of carbonyl (C=O) groups excluding carboxylic acids is 1. The van der Waals surface area contributed by atoms with Gasteiger partial charge in [0.15, 0.2) is 5.78 Å². The highest BCUT2D eigenvalue weighted by Gasteiger charge is 1.89. The Bertz CT molecular complexity index is 370. The van der Waals surface area contributed by atoms with Gasteiger partial charge < -0.3 is 4.98 Å². The minimum absolute atomic E-state index is 0.0532. The van der Waals surface area contributed by atoms with E-state index in [0.29, 0.717) is 0 Å². The van der Waals surface area contributed by atoms with E-state index in [4.69, 9.17) is 0 Å². The highest BCUT2D eigenvalue weighted by molar-refractivity contribution is 5.99. The third kappa shape index (κ3) is 4.21. The summed E-state index contributed by atoms with van der Waals surface area (Å²) in [6, 6.07) is 4.93. The van der Waals surface area contributed by atoms with Gasteiger partial charge in [-0.15, -0.1) is 0 Å². The lowest BCUT2D eigenvalue weighted by Crippen LogP contribution is -1.98. The van der Waals surface area contributed by atoms with E-state index >= 15 is 0 Å². The number of ketones is 1. The lowest BCUT2D eigenvalue weighted by molar-refractivity contribution is -0.110. The van der Waals surface area contributed by atoms with E-state index in [2.05, 4.69) is 4.98 Å². The molecule has 1 aliphatic carbocycles. The number of nitrogens with one attached hydrogen (secondary N) is 1. The van der Waals surface area contributed by atoms with E-state index in [1.54, 1.807) is 30.5 Å². The topological polar surface area (TPSA) is 49.9 Å². The molecule has 72 valence electrons. The third-order valence-electron chi connectivity index (χ3n) is 1.52. The molecule has 0 fully saturated rings. The molecular formula is C11H11NO2. The van der Waals surface area contributed by atoms with E-state index in [0.717, 1.165) is 6.42 Å². The van der Waals surface area contributed by atoms with Crippen LogP contribution in [0.25, 0.3) is 0 Å². The molecule has 1 aromatic heterocycles. The van der Waals surface area contributed by atoms with Gasteiger partial charge in [-0.05, 0) is 24.6 Å². The summed E-state index contributed by atoms with van der Waals surface area (Å²) in [5.74, 6) is 0.103. The summed E-state index contributed by atoms with van der Waals surface area (Å²) in [6.45, 7) is 0. The van der Waals surface area contributed by atoms with Gasteiger partial charge in [0.2, 0.25) is 5.56 Å². The van der Waals surface area contributed by atoms with Crippen molar-refractivity contribution >= 4 is 5.78 Å². The average molecular weight is 189 g/mol. The number of carbonyl (C=O) groups is 1. The van der Waals surface area contributed by atoms with Crippen LogP contribution in [0.3, 0.4) is 0 Å². The molecule has 1 aliphatic rings. The standard InChI is InChI=1S/C6H6O.C5H5NO/c7-6-4-2-1-3-5-6;7-5-3-1-2-4-6-5/h2-5H,1H2;1-4H,(H,6,7). The van der Waals surface area contributed by atoms with Gasteiger partial charge in [-0.25, -0.2) is 0 Å². The van der Waals surface area contributed by atoms with Crippen molar-refractivity contribution in [3.8, 4) is 0 Å². The number of hydrogen-bond donors (Lipinski definition) is 1. The summed E-state index contributed by atoms with van der Waals surface area (Å²) in [4.78, 5) is 23.0. The van der Waals surface area contributed by atoms with Gasteiger partial charge in [0.25, 0.3) is 0 Å². The number of hydrogen-bond acceptors (Lipinski definition) is 2. The first-order chi connectivity index (χ1) is 6.79. The number of H-pyrrole nitrogens is 1. The quantitative estimate of drug-likeness (QED) is 0.671. The lowest BCUT2D eigenvalue weighted by atomic mass is 10.2. The Hall–Kier alpha value is -1.90. The number of aromatic amines is 1. The number of allylic oxidation sites excluding steroid dienone is 4. The maximum Gasteiger partial charge on any atom is 0.247 e. The molecule has 1 heterocycles. The largest absolute Gasteiger partial charge is 0.329 e. The first kappa shape index (κ1) is 10.2. The van der Waals surface area contributed by atoms with Crippen molar-refractivity contribution in [1.82, 2.24) is 4.98 Å². The summed E-state index contributed by atoms with van der Waals surface area (Å²) in [5.41, 5.74) is -0.0532. The molecule has 1 aromatic rings. The van der Waals surface area contributed by atoms with Crippen molar-refractivity contribution in [3.05, 3.63) is 59.1 Å². The summed E-state index contributed by atoms with van der Waals surface area (Å²) < 4.78 is 0. The molecule has 0 saturated carbocycles. The molecule has 1 N–H and O–H groups in total. The lowest BCUT2D eigenvalue weighted by Gasteiger charge is -1.87. The summed E-state index contributed by atoms with van der Waals surface area (Å²) in [6.07, 6.45) is 9.37. The zero-order chi connectivity index (χ0) is 10.2. The highest BCUT2D eigenvalue weighted by Crippen LogP contribution is 1.93. The van der Waals surface area contributed by atoms with Crippen molar-refractivity contribution in [1.29, 1.82) is 0 Å². The number of rotatable bonds is 0. The van der Waals surface area contributed by atoms with Crippen LogP contribution in [0.4, 0.5) is 0 Å². The molecule has 0 aliphatic heterocycles. The van der Waals surface area contributed by atoms with Crippen LogP contribution < -0.4 is 5.56 Å². The Labute approximate surface area is 81.8 Å². The molecule has 0 atom stereocenters. The second-order valence-corrected chi connectivity index (χ2v) is 2.67. The molecule has 2 rings (SSSR count). The van der Waals surface area contributed by atoms with E-state index in [9.17, 15) is 9.59 Å². The maximum atomic E-state index is 10.3. The Balaban J connectivity index is 0.000000140. The SMILES string of the molecule is O=C1C=CCC=C1.O=c1cccc[nH]1. The van der Waals surface area contributed by atoms with Gasteiger partial charge in [0.05, 0.1) is 0 Å². The van der Waals surface area contributed by atoms with Crippen LogP contribution in [0.1, 0.15) is 6.42 Å². The first-order valence-corrected chi connectivity index (χ1v) is 4.30. The number of pyridine rings is 1. The molecule has 0 amide bonds. The molecule has 14 heavy (non-hydrogen) atoms. The van der Waals surface area contributed by atoms with Crippen LogP contribution in [0.2, 0.25) is 0 Å². The fourth-order valence-corrected chi connectivity index (χ4v) is 0.879. The molecule has 3 nitrogen and oxygen atoms in total. The fourth-order valence-electron chi connectivity index (χ4n) is 0.879. The van der Waals surface area contributed by atoms with E-state index < -0.39 is 0 Å². The minimum Gasteiger partial charge on any atom is -0.329 e. The fraction of sp³-hybridized carbons (Fsp3) is 0.0909. The van der Waals surface area contributed by atoms with Crippen molar-refractivity contribution in [2.45, 2.75) is 6.42 Å². The highest BCUT2D eigenvalue weighted by atomic mass is 16.1. The van der Waals surface area contributed by atoms with Crippen molar-refractivity contribution in [2.24, 2.45) is 0 Å². The molecular weight excluding hydrogens is 178 g/mol. The zero-order valence-electron chi connectivity index (χ0n) is 7.64. The molecule has 0 aromatic carbocycles. The normalized spacial score (nSPS) is 13.3. The van der Waals surface area contributed by atoms with Gasteiger partial charge in [-0.1, -0.05) is 18.2 Å². The van der Waals surface area contributed by atoms with Crippen molar-refractivity contribution < 1.29 is 4.79 Å². The Morgan fingerprint density at radius 3 is 2.07 bits per heavy atom. The molecule has 0 radical (unpaired) electrons. The molecule has 0 spiro atoms. The predicted octanol–water partition coefficient (Wildman–Crippen LogP) is 1.45. The molecule has 0 unspecified atom stereocenters. The van der Waals surface area contributed by atoms with Crippen LogP contribution in [0.15, 0.2) is 53.5 Å². The van der Waals surface area contributed by atoms with Gasteiger partial charge >= 0.3 is 0 Å². The molecule has 0 saturated heterocycles. The van der Waals surface area contributed by atoms with E-state index in [-0.39, 0.29) is 11.3 Å². The van der Waals surface area contributed by atoms with Gasteiger partial charge in [0.1, 0.15) is 0 Å². The van der Waals surface area contributed by atoms with Gasteiger partial charge in [-0.2, -0.15) is 0 Å². The van der Waals surface area contributed by atoms with E-state index in [1.807, 2.05) is 12.2 Å². The van der Waals surface area contributed by atoms with Crippen LogP contribution >= 0.6 is 0 Å². The third-order valence-corrected chi connectivity index (χ3v) is 1.52. The monoisotopic (exact) mass is 189 g/mol. The van der Waals surface area contributed by atoms with E-state index in [1.165, 1.54) is 6.07 Å². The predicted molar refractivity (Wildman–Crippen MR) is 55.0 cm³/mol. The zero-order valence-corrected chi connectivity index (χ0v) is 7.64. The Kier molecular flexibility index (Phi) is 4.14. The summed E-state index contributed by atoms with van der Waals surface area (Å²) >= 11 is 0. The van der Waals surface area contributed by atoms with Gasteiger partial charge in [0, 0.05) is 12.3 Å². The van der Waals surface area contributed by atoms with Crippen molar-refractivity contribution in [3.63, 3.8) is 0 Å². The van der Waals surface area contributed by atoms with Crippen molar-refractivity contribution in [2.75, 3.05) is 0 Å². The molecule has 3 heteroatoms. The average Bonchev–Trinajstić information content (AvgIpc) is 2.21. The first-order valence-electron chi connectivity index (χ1n) is 4.30. The van der Waals surface area contributed by atoms with Gasteiger partial charge in [-0.3, -0.25) is 9.59 Å². The summed E-state index contributed by atoms with van der Waals surface area (Å²) in [5, 5.41) is 0. The molecule has 0 bridgehead atoms. The number of aromatic nitrogens is 1. The van der Waals surface area contributed by atoms with Crippen LogP contribution in [-0.2, 0) is 4.79 Å². The van der Waals surface area contributed by atoms with Crippen LogP contribution in [0, 0.1) is 0 Å².